The third-order valence-electron chi connectivity index (χ3n) is 1.89. The minimum atomic E-state index is -0.531. The molecule has 0 aliphatic rings. The van der Waals surface area contributed by atoms with E-state index in [0.29, 0.717) is 17.6 Å². The van der Waals surface area contributed by atoms with E-state index in [1.54, 1.807) is 20.8 Å². The second-order valence-electron chi connectivity index (χ2n) is 4.84. The van der Waals surface area contributed by atoms with Crippen molar-refractivity contribution in [2.45, 2.75) is 26.4 Å². The fourth-order valence-electron chi connectivity index (χ4n) is 1.20. The van der Waals surface area contributed by atoms with Gasteiger partial charge in [0.2, 0.25) is 0 Å². The summed E-state index contributed by atoms with van der Waals surface area (Å²) in [5.74, 6) is -0.305. The molecule has 0 saturated carbocycles. The zero-order valence-corrected chi connectivity index (χ0v) is 12.7. The number of pyridine rings is 1. The van der Waals surface area contributed by atoms with Crippen molar-refractivity contribution in [1.82, 2.24) is 10.3 Å². The molecule has 2 N–H and O–H groups in total. The maximum atomic E-state index is 13.4. The number of alkyl carbamates (subject to hydrolysis) is 1. The van der Waals surface area contributed by atoms with Gasteiger partial charge in [0.15, 0.2) is 11.6 Å². The molecule has 0 atom stereocenters. The summed E-state index contributed by atoms with van der Waals surface area (Å²) in [5, 5.41) is 5.34. The molecule has 1 aromatic heterocycles. The molecule has 1 aromatic rings. The lowest BCUT2D eigenvalue weighted by atomic mass is 10.2. The lowest BCUT2D eigenvalue weighted by Gasteiger charge is -2.19. The van der Waals surface area contributed by atoms with E-state index in [1.807, 2.05) is 0 Å². The number of amides is 1. The number of carbonyl (C=O) groups is 1. The number of anilines is 1. The third-order valence-corrected chi connectivity index (χ3v) is 2.33. The molecule has 0 bridgehead atoms. The average Bonchev–Trinajstić information content (AvgIpc) is 2.24. The second kappa shape index (κ2) is 6.70. The van der Waals surface area contributed by atoms with Gasteiger partial charge in [-0.25, -0.2) is 14.2 Å². The molecule has 1 rings (SSSR count). The van der Waals surface area contributed by atoms with Crippen molar-refractivity contribution < 1.29 is 13.9 Å². The fraction of sp³-hybridized carbons (Fsp3) is 0.500. The Kier molecular flexibility index (Phi) is 5.53. The Morgan fingerprint density at radius 1 is 1.47 bits per heavy atom. The van der Waals surface area contributed by atoms with Gasteiger partial charge in [0.1, 0.15) is 5.60 Å². The molecule has 0 aromatic carbocycles. The number of aromatic nitrogens is 1. The van der Waals surface area contributed by atoms with Crippen LogP contribution >= 0.6 is 15.9 Å². The molecule has 0 aliphatic carbocycles. The van der Waals surface area contributed by atoms with Crippen molar-refractivity contribution in [3.8, 4) is 0 Å². The highest BCUT2D eigenvalue weighted by molar-refractivity contribution is 9.10. The number of rotatable bonds is 4. The SMILES string of the molecule is CC(C)(C)OC(=O)NCCNc1ncc(Br)cc1F. The summed E-state index contributed by atoms with van der Waals surface area (Å²) in [5.41, 5.74) is -0.531. The first-order valence-corrected chi connectivity index (χ1v) is 6.59. The summed E-state index contributed by atoms with van der Waals surface area (Å²) < 4.78 is 19.0. The van der Waals surface area contributed by atoms with E-state index in [1.165, 1.54) is 12.3 Å². The minimum Gasteiger partial charge on any atom is -0.444 e. The maximum Gasteiger partial charge on any atom is 0.407 e. The Morgan fingerprint density at radius 3 is 2.74 bits per heavy atom. The van der Waals surface area contributed by atoms with Crippen LogP contribution in [0.25, 0.3) is 0 Å². The highest BCUT2D eigenvalue weighted by Gasteiger charge is 2.15. The Hall–Kier alpha value is -1.37. The molecule has 0 saturated heterocycles. The molecular weight excluding hydrogens is 317 g/mol. The van der Waals surface area contributed by atoms with Gasteiger partial charge in [0.25, 0.3) is 0 Å². The van der Waals surface area contributed by atoms with E-state index < -0.39 is 17.5 Å². The fourth-order valence-corrected chi connectivity index (χ4v) is 1.51. The quantitative estimate of drug-likeness (QED) is 0.831. The van der Waals surface area contributed by atoms with Crippen LogP contribution in [0.2, 0.25) is 0 Å². The maximum absolute atomic E-state index is 13.4. The first-order valence-electron chi connectivity index (χ1n) is 5.80. The molecule has 0 spiro atoms. The van der Waals surface area contributed by atoms with E-state index in [-0.39, 0.29) is 5.82 Å². The van der Waals surface area contributed by atoms with E-state index in [0.717, 1.165) is 0 Å². The Balaban J connectivity index is 2.29. The van der Waals surface area contributed by atoms with Gasteiger partial charge in [-0.15, -0.1) is 0 Å². The smallest absolute Gasteiger partial charge is 0.407 e. The summed E-state index contributed by atoms with van der Waals surface area (Å²) in [6, 6.07) is 1.32. The van der Waals surface area contributed by atoms with Crippen LogP contribution in [-0.2, 0) is 4.74 Å². The zero-order chi connectivity index (χ0) is 14.5. The van der Waals surface area contributed by atoms with Crippen LogP contribution < -0.4 is 10.6 Å². The molecule has 1 heterocycles. The monoisotopic (exact) mass is 333 g/mol. The predicted octanol–water partition coefficient (Wildman–Crippen LogP) is 2.92. The highest BCUT2D eigenvalue weighted by Crippen LogP contribution is 2.15. The Bertz CT molecular complexity index is 449. The van der Waals surface area contributed by atoms with Gasteiger partial charge in [-0.05, 0) is 42.8 Å². The number of carbonyl (C=O) groups excluding carboxylic acids is 1. The molecule has 0 fully saturated rings. The highest BCUT2D eigenvalue weighted by atomic mass is 79.9. The van der Waals surface area contributed by atoms with Gasteiger partial charge in [-0.3, -0.25) is 0 Å². The second-order valence-corrected chi connectivity index (χ2v) is 5.76. The van der Waals surface area contributed by atoms with Crippen LogP contribution in [0.15, 0.2) is 16.7 Å². The van der Waals surface area contributed by atoms with E-state index >= 15 is 0 Å². The lowest BCUT2D eigenvalue weighted by molar-refractivity contribution is 0.0530. The number of hydrogen-bond donors (Lipinski definition) is 2. The molecule has 106 valence electrons. The molecule has 0 radical (unpaired) electrons. The first-order chi connectivity index (χ1) is 8.78. The predicted molar refractivity (Wildman–Crippen MR) is 74.6 cm³/mol. The van der Waals surface area contributed by atoms with Crippen molar-refractivity contribution >= 4 is 27.8 Å². The molecule has 5 nitrogen and oxygen atoms in total. The van der Waals surface area contributed by atoms with Gasteiger partial charge in [-0.2, -0.15) is 0 Å². The Morgan fingerprint density at radius 2 is 2.16 bits per heavy atom. The molecular formula is C12H17BrFN3O2. The minimum absolute atomic E-state index is 0.147. The number of nitrogens with one attached hydrogen (secondary N) is 2. The van der Waals surface area contributed by atoms with Crippen LogP contribution in [-0.4, -0.2) is 29.8 Å². The van der Waals surface area contributed by atoms with Crippen LogP contribution in [0.1, 0.15) is 20.8 Å². The summed E-state index contributed by atoms with van der Waals surface area (Å²) >= 11 is 3.12. The third kappa shape index (κ3) is 6.37. The van der Waals surface area contributed by atoms with Crippen molar-refractivity contribution in [3.05, 3.63) is 22.6 Å². The largest absolute Gasteiger partial charge is 0.444 e. The summed E-state index contributed by atoms with van der Waals surface area (Å²) in [6.45, 7) is 6.01. The zero-order valence-electron chi connectivity index (χ0n) is 11.1. The van der Waals surface area contributed by atoms with Crippen molar-refractivity contribution in [3.63, 3.8) is 0 Å². The van der Waals surface area contributed by atoms with Gasteiger partial charge in [0.05, 0.1) is 0 Å². The van der Waals surface area contributed by atoms with E-state index in [4.69, 9.17) is 4.74 Å². The van der Waals surface area contributed by atoms with Crippen molar-refractivity contribution in [1.29, 1.82) is 0 Å². The average molecular weight is 334 g/mol. The van der Waals surface area contributed by atoms with Crippen LogP contribution in [0.4, 0.5) is 15.0 Å². The lowest BCUT2D eigenvalue weighted by Crippen LogP contribution is -2.35. The first kappa shape index (κ1) is 15.7. The van der Waals surface area contributed by atoms with Gasteiger partial charge < -0.3 is 15.4 Å². The van der Waals surface area contributed by atoms with Gasteiger partial charge >= 0.3 is 6.09 Å². The Labute approximate surface area is 120 Å². The molecule has 0 aliphatic heterocycles. The summed E-state index contributed by atoms with van der Waals surface area (Å²) in [7, 11) is 0. The van der Waals surface area contributed by atoms with Gasteiger partial charge in [0, 0.05) is 23.8 Å². The molecule has 1 amide bonds. The summed E-state index contributed by atoms with van der Waals surface area (Å²) in [6.07, 6.45) is 0.991. The van der Waals surface area contributed by atoms with Crippen LogP contribution in [0.5, 0.6) is 0 Å². The number of hydrogen-bond acceptors (Lipinski definition) is 4. The molecule has 0 unspecified atom stereocenters. The van der Waals surface area contributed by atoms with E-state index in [9.17, 15) is 9.18 Å². The van der Waals surface area contributed by atoms with Crippen molar-refractivity contribution in [2.75, 3.05) is 18.4 Å². The van der Waals surface area contributed by atoms with Crippen LogP contribution in [0.3, 0.4) is 0 Å². The molecule has 7 heteroatoms. The van der Waals surface area contributed by atoms with Crippen LogP contribution in [0, 0.1) is 5.82 Å². The number of halogens is 2. The normalized spacial score (nSPS) is 11.0. The number of nitrogens with zero attached hydrogens (tertiary/aromatic N) is 1. The van der Waals surface area contributed by atoms with Gasteiger partial charge in [-0.1, -0.05) is 0 Å². The van der Waals surface area contributed by atoms with Crippen molar-refractivity contribution in [2.24, 2.45) is 0 Å². The standard InChI is InChI=1S/C12H17BrFN3O2/c1-12(2,3)19-11(18)16-5-4-15-10-9(14)6-8(13)7-17-10/h6-7H,4-5H2,1-3H3,(H,15,17)(H,16,18). The topological polar surface area (TPSA) is 63.2 Å². The molecule has 19 heavy (non-hydrogen) atoms. The van der Waals surface area contributed by atoms with E-state index in [2.05, 4.69) is 31.5 Å². The summed E-state index contributed by atoms with van der Waals surface area (Å²) in [4.78, 5) is 15.2. The number of ether oxygens (including phenoxy) is 1.